The summed E-state index contributed by atoms with van der Waals surface area (Å²) in [4.78, 5) is 11.8. The number of rotatable bonds is 6. The topological polar surface area (TPSA) is 77.2 Å². The van der Waals surface area contributed by atoms with Crippen molar-refractivity contribution in [1.82, 2.24) is 15.5 Å². The highest BCUT2D eigenvalue weighted by atomic mass is 32.2. The SMILES string of the molecule is O=C(CSc1nnc(-c2ccccc2)o1)NCC1CCCO1. The average molecular weight is 319 g/mol. The molecule has 1 aliphatic rings. The van der Waals surface area contributed by atoms with Gasteiger partial charge < -0.3 is 14.5 Å². The van der Waals surface area contributed by atoms with Crippen molar-refractivity contribution in [3.63, 3.8) is 0 Å². The monoisotopic (exact) mass is 319 g/mol. The van der Waals surface area contributed by atoms with E-state index in [4.69, 9.17) is 9.15 Å². The first-order valence-electron chi connectivity index (χ1n) is 7.21. The number of ether oxygens (including phenoxy) is 1. The zero-order chi connectivity index (χ0) is 15.2. The number of carbonyl (C=O) groups excluding carboxylic acids is 1. The van der Waals surface area contributed by atoms with Crippen LogP contribution in [0.25, 0.3) is 11.5 Å². The van der Waals surface area contributed by atoms with E-state index in [-0.39, 0.29) is 17.8 Å². The Kier molecular flexibility index (Phi) is 5.07. The van der Waals surface area contributed by atoms with Crippen LogP contribution < -0.4 is 5.32 Å². The van der Waals surface area contributed by atoms with Gasteiger partial charge in [-0.15, -0.1) is 10.2 Å². The van der Waals surface area contributed by atoms with E-state index in [1.807, 2.05) is 30.3 Å². The molecule has 0 radical (unpaired) electrons. The fraction of sp³-hybridized carbons (Fsp3) is 0.400. The summed E-state index contributed by atoms with van der Waals surface area (Å²) in [6.07, 6.45) is 2.24. The molecule has 0 spiro atoms. The molecule has 0 aliphatic carbocycles. The molecule has 6 nitrogen and oxygen atoms in total. The van der Waals surface area contributed by atoms with Crippen molar-refractivity contribution in [1.29, 1.82) is 0 Å². The standard InChI is InChI=1S/C15H17N3O3S/c19-13(16-9-12-7-4-8-20-12)10-22-15-18-17-14(21-15)11-5-2-1-3-6-11/h1-3,5-6,12H,4,7-10H2,(H,16,19). The molecule has 2 aromatic rings. The maximum absolute atomic E-state index is 11.8. The van der Waals surface area contributed by atoms with Crippen molar-refractivity contribution in [2.75, 3.05) is 18.9 Å². The molecule has 1 aromatic heterocycles. The zero-order valence-corrected chi connectivity index (χ0v) is 12.8. The van der Waals surface area contributed by atoms with Crippen LogP contribution in [-0.4, -0.2) is 41.1 Å². The first-order chi connectivity index (χ1) is 10.8. The molecule has 3 rings (SSSR count). The minimum atomic E-state index is -0.0556. The first kappa shape index (κ1) is 15.1. The van der Waals surface area contributed by atoms with Crippen LogP contribution in [0, 0.1) is 0 Å². The second-order valence-electron chi connectivity index (χ2n) is 4.97. The Hall–Kier alpha value is -1.86. The number of aromatic nitrogens is 2. The molecule has 116 valence electrons. The number of hydrogen-bond acceptors (Lipinski definition) is 6. The predicted molar refractivity (Wildman–Crippen MR) is 82.4 cm³/mol. The van der Waals surface area contributed by atoms with Crippen LogP contribution in [-0.2, 0) is 9.53 Å². The lowest BCUT2D eigenvalue weighted by atomic mass is 10.2. The molecule has 1 aromatic carbocycles. The molecule has 1 fully saturated rings. The minimum absolute atomic E-state index is 0.0556. The van der Waals surface area contributed by atoms with Crippen molar-refractivity contribution < 1.29 is 13.9 Å². The Morgan fingerprint density at radius 1 is 1.32 bits per heavy atom. The van der Waals surface area contributed by atoms with Gasteiger partial charge in [0.15, 0.2) is 0 Å². The number of benzene rings is 1. The summed E-state index contributed by atoms with van der Waals surface area (Å²) in [6.45, 7) is 1.36. The Morgan fingerprint density at radius 3 is 2.95 bits per heavy atom. The van der Waals surface area contributed by atoms with Crippen LogP contribution >= 0.6 is 11.8 Å². The lowest BCUT2D eigenvalue weighted by Gasteiger charge is -2.09. The third-order valence-electron chi connectivity index (χ3n) is 3.30. The predicted octanol–water partition coefficient (Wildman–Crippen LogP) is 2.12. The van der Waals surface area contributed by atoms with Gasteiger partial charge in [0.05, 0.1) is 11.9 Å². The molecular formula is C15H17N3O3S. The highest BCUT2D eigenvalue weighted by Gasteiger charge is 2.16. The maximum Gasteiger partial charge on any atom is 0.277 e. The molecule has 1 atom stereocenters. The second kappa shape index (κ2) is 7.42. The van der Waals surface area contributed by atoms with Gasteiger partial charge in [0.1, 0.15) is 0 Å². The van der Waals surface area contributed by atoms with Crippen LogP contribution in [0.1, 0.15) is 12.8 Å². The first-order valence-corrected chi connectivity index (χ1v) is 8.20. The molecule has 1 N–H and O–H groups in total. The van der Waals surface area contributed by atoms with Crippen LogP contribution in [0.2, 0.25) is 0 Å². The lowest BCUT2D eigenvalue weighted by Crippen LogP contribution is -2.32. The van der Waals surface area contributed by atoms with Crippen molar-refractivity contribution in [3.05, 3.63) is 30.3 Å². The van der Waals surface area contributed by atoms with Crippen molar-refractivity contribution in [2.45, 2.75) is 24.2 Å². The highest BCUT2D eigenvalue weighted by Crippen LogP contribution is 2.22. The Balaban J connectivity index is 1.45. The number of nitrogens with zero attached hydrogens (tertiary/aromatic N) is 2. The molecule has 1 amide bonds. The maximum atomic E-state index is 11.8. The fourth-order valence-electron chi connectivity index (χ4n) is 2.18. The molecule has 7 heteroatoms. The van der Waals surface area contributed by atoms with E-state index in [9.17, 15) is 4.79 Å². The third-order valence-corrected chi connectivity index (χ3v) is 4.12. The summed E-state index contributed by atoms with van der Waals surface area (Å²) in [5.41, 5.74) is 0.865. The van der Waals surface area contributed by atoms with Gasteiger partial charge in [0, 0.05) is 18.7 Å². The number of thioether (sulfide) groups is 1. The van der Waals surface area contributed by atoms with E-state index in [0.29, 0.717) is 17.7 Å². The number of hydrogen-bond donors (Lipinski definition) is 1. The average Bonchev–Trinajstić information content (AvgIpc) is 3.23. The van der Waals surface area contributed by atoms with E-state index in [1.54, 1.807) is 0 Å². The van der Waals surface area contributed by atoms with Gasteiger partial charge in [-0.05, 0) is 25.0 Å². The van der Waals surface area contributed by atoms with Gasteiger partial charge in [-0.25, -0.2) is 0 Å². The molecule has 0 saturated carbocycles. The summed E-state index contributed by atoms with van der Waals surface area (Å²) in [6, 6.07) is 9.54. The molecule has 22 heavy (non-hydrogen) atoms. The lowest BCUT2D eigenvalue weighted by molar-refractivity contribution is -0.119. The molecule has 2 heterocycles. The Morgan fingerprint density at radius 2 is 2.18 bits per heavy atom. The summed E-state index contributed by atoms with van der Waals surface area (Å²) >= 11 is 1.23. The largest absolute Gasteiger partial charge is 0.411 e. The van der Waals surface area contributed by atoms with Crippen LogP contribution in [0.4, 0.5) is 0 Å². The van der Waals surface area contributed by atoms with Crippen LogP contribution in [0.5, 0.6) is 0 Å². The molecule has 0 bridgehead atoms. The molecule has 1 aliphatic heterocycles. The van der Waals surface area contributed by atoms with Gasteiger partial charge in [-0.2, -0.15) is 0 Å². The highest BCUT2D eigenvalue weighted by molar-refractivity contribution is 7.99. The van der Waals surface area contributed by atoms with Crippen molar-refractivity contribution >= 4 is 17.7 Å². The van der Waals surface area contributed by atoms with Gasteiger partial charge >= 0.3 is 0 Å². The van der Waals surface area contributed by atoms with Gasteiger partial charge in [-0.1, -0.05) is 30.0 Å². The second-order valence-corrected chi connectivity index (χ2v) is 5.89. The molecule has 1 saturated heterocycles. The minimum Gasteiger partial charge on any atom is -0.411 e. The third kappa shape index (κ3) is 4.08. The van der Waals surface area contributed by atoms with E-state index >= 15 is 0 Å². The zero-order valence-electron chi connectivity index (χ0n) is 12.0. The van der Waals surface area contributed by atoms with E-state index in [2.05, 4.69) is 15.5 Å². The summed E-state index contributed by atoms with van der Waals surface area (Å²) in [5, 5.41) is 11.2. The van der Waals surface area contributed by atoms with E-state index < -0.39 is 0 Å². The van der Waals surface area contributed by atoms with Gasteiger partial charge in [-0.3, -0.25) is 4.79 Å². The van der Waals surface area contributed by atoms with Crippen LogP contribution in [0.3, 0.4) is 0 Å². The fourth-order valence-corrected chi connectivity index (χ4v) is 2.77. The van der Waals surface area contributed by atoms with Crippen molar-refractivity contribution in [2.24, 2.45) is 0 Å². The number of nitrogens with one attached hydrogen (secondary N) is 1. The van der Waals surface area contributed by atoms with Gasteiger partial charge in [0.2, 0.25) is 11.8 Å². The van der Waals surface area contributed by atoms with Crippen molar-refractivity contribution in [3.8, 4) is 11.5 Å². The number of carbonyl (C=O) groups is 1. The summed E-state index contributed by atoms with van der Waals surface area (Å²) in [7, 11) is 0. The summed E-state index contributed by atoms with van der Waals surface area (Å²) in [5.74, 6) is 0.659. The normalized spacial score (nSPS) is 17.5. The smallest absolute Gasteiger partial charge is 0.277 e. The van der Waals surface area contributed by atoms with E-state index in [1.165, 1.54) is 11.8 Å². The number of amides is 1. The molecular weight excluding hydrogens is 302 g/mol. The van der Waals surface area contributed by atoms with Gasteiger partial charge in [0.25, 0.3) is 5.22 Å². The quantitative estimate of drug-likeness (QED) is 0.822. The molecule has 1 unspecified atom stereocenters. The van der Waals surface area contributed by atoms with E-state index in [0.717, 1.165) is 25.0 Å². The Bertz CT molecular complexity index is 612. The van der Waals surface area contributed by atoms with Crippen LogP contribution in [0.15, 0.2) is 40.0 Å². The summed E-state index contributed by atoms with van der Waals surface area (Å²) < 4.78 is 11.0. The Labute approximate surface area is 132 Å².